The van der Waals surface area contributed by atoms with Crippen molar-refractivity contribution in [1.82, 2.24) is 9.71 Å². The van der Waals surface area contributed by atoms with E-state index in [1.54, 1.807) is 29.6 Å². The first-order chi connectivity index (χ1) is 10.0. The van der Waals surface area contributed by atoms with Gasteiger partial charge in [-0.15, -0.1) is 0 Å². The maximum absolute atomic E-state index is 12.2. The van der Waals surface area contributed by atoms with Crippen LogP contribution in [0, 0.1) is 0 Å². The Kier molecular flexibility index (Phi) is 5.16. The molecule has 0 spiro atoms. The minimum atomic E-state index is -3.53. The summed E-state index contributed by atoms with van der Waals surface area (Å²) in [5, 5.41) is 4.75. The van der Waals surface area contributed by atoms with E-state index in [-0.39, 0.29) is 9.77 Å². The molecule has 0 atom stereocenters. The summed E-state index contributed by atoms with van der Waals surface area (Å²) in [4.78, 5) is 13.8. The Balaban J connectivity index is 2.18. The lowest BCUT2D eigenvalue weighted by Crippen LogP contribution is -2.25. The van der Waals surface area contributed by atoms with Crippen molar-refractivity contribution >= 4 is 27.0 Å². The van der Waals surface area contributed by atoms with Crippen molar-refractivity contribution in [3.63, 3.8) is 0 Å². The zero-order chi connectivity index (χ0) is 15.3. The summed E-state index contributed by atoms with van der Waals surface area (Å²) in [6.07, 6.45) is 0.727. The predicted molar refractivity (Wildman–Crippen MR) is 84.2 cm³/mol. The smallest absolute Gasteiger partial charge is 0.304 e. The fourth-order valence-electron chi connectivity index (χ4n) is 1.75. The SMILES string of the molecule is CCCNS(=O)(=O)c1ccccc1NCc1csc(=O)[nH]1. The molecule has 1 aromatic heterocycles. The molecule has 6 nitrogen and oxygen atoms in total. The van der Waals surface area contributed by atoms with E-state index in [1.807, 2.05) is 6.92 Å². The number of benzene rings is 1. The molecule has 2 aromatic rings. The number of sulfonamides is 1. The van der Waals surface area contributed by atoms with Gasteiger partial charge in [0, 0.05) is 17.6 Å². The van der Waals surface area contributed by atoms with E-state index in [2.05, 4.69) is 15.0 Å². The molecule has 0 saturated carbocycles. The van der Waals surface area contributed by atoms with Crippen LogP contribution < -0.4 is 14.9 Å². The second-order valence-corrected chi connectivity index (χ2v) is 7.00. The maximum atomic E-state index is 12.2. The second kappa shape index (κ2) is 6.88. The van der Waals surface area contributed by atoms with Crippen molar-refractivity contribution in [3.05, 3.63) is 45.0 Å². The van der Waals surface area contributed by atoms with Crippen molar-refractivity contribution in [2.24, 2.45) is 0 Å². The van der Waals surface area contributed by atoms with E-state index >= 15 is 0 Å². The van der Waals surface area contributed by atoms with E-state index in [4.69, 9.17) is 0 Å². The summed E-state index contributed by atoms with van der Waals surface area (Å²) >= 11 is 1.08. The monoisotopic (exact) mass is 327 g/mol. The first-order valence-corrected chi connectivity index (χ1v) is 8.88. The molecule has 0 amide bonds. The van der Waals surface area contributed by atoms with Gasteiger partial charge < -0.3 is 10.3 Å². The Labute approximate surface area is 127 Å². The number of H-pyrrole nitrogens is 1. The molecule has 8 heteroatoms. The second-order valence-electron chi connectivity index (χ2n) is 4.42. The van der Waals surface area contributed by atoms with Crippen LogP contribution in [0.1, 0.15) is 19.0 Å². The minimum Gasteiger partial charge on any atom is -0.378 e. The summed E-state index contributed by atoms with van der Waals surface area (Å²) < 4.78 is 27.0. The van der Waals surface area contributed by atoms with Gasteiger partial charge in [0.1, 0.15) is 4.90 Å². The van der Waals surface area contributed by atoms with Crippen LogP contribution in [0.4, 0.5) is 5.69 Å². The van der Waals surface area contributed by atoms with Gasteiger partial charge in [0.05, 0.1) is 12.2 Å². The van der Waals surface area contributed by atoms with Gasteiger partial charge in [0.25, 0.3) is 0 Å². The lowest BCUT2D eigenvalue weighted by Gasteiger charge is -2.12. The zero-order valence-corrected chi connectivity index (χ0v) is 13.2. The number of rotatable bonds is 7. The molecule has 0 bridgehead atoms. The van der Waals surface area contributed by atoms with Crippen molar-refractivity contribution < 1.29 is 8.42 Å². The summed E-state index contributed by atoms with van der Waals surface area (Å²) in [6.45, 7) is 2.66. The molecule has 2 rings (SSSR count). The molecule has 0 unspecified atom stereocenters. The molecule has 0 aliphatic carbocycles. The Morgan fingerprint density at radius 3 is 2.71 bits per heavy atom. The van der Waals surface area contributed by atoms with Gasteiger partial charge in [-0.25, -0.2) is 13.1 Å². The summed E-state index contributed by atoms with van der Waals surface area (Å²) in [7, 11) is -3.53. The first-order valence-electron chi connectivity index (χ1n) is 6.52. The van der Waals surface area contributed by atoms with Crippen molar-refractivity contribution in [2.75, 3.05) is 11.9 Å². The molecule has 0 radical (unpaired) electrons. The van der Waals surface area contributed by atoms with Crippen molar-refractivity contribution in [2.45, 2.75) is 24.8 Å². The zero-order valence-electron chi connectivity index (χ0n) is 11.5. The van der Waals surface area contributed by atoms with Crippen LogP contribution in [0.5, 0.6) is 0 Å². The maximum Gasteiger partial charge on any atom is 0.304 e. The van der Waals surface area contributed by atoms with Crippen LogP contribution in [0.2, 0.25) is 0 Å². The molecular formula is C13H17N3O3S2. The predicted octanol–water partition coefficient (Wildman–Crippen LogP) is 1.74. The highest BCUT2D eigenvalue weighted by molar-refractivity contribution is 7.89. The van der Waals surface area contributed by atoms with Gasteiger partial charge in [-0.05, 0) is 18.6 Å². The van der Waals surface area contributed by atoms with E-state index < -0.39 is 10.0 Å². The fourth-order valence-corrected chi connectivity index (χ4v) is 3.65. The molecule has 1 aromatic carbocycles. The standard InChI is InChI=1S/C13H17N3O3S2/c1-2-7-15-21(18,19)12-6-4-3-5-11(12)14-8-10-9-20-13(17)16-10/h3-6,9,14-15H,2,7-8H2,1H3,(H,16,17). The lowest BCUT2D eigenvalue weighted by atomic mass is 10.3. The van der Waals surface area contributed by atoms with E-state index in [9.17, 15) is 13.2 Å². The average molecular weight is 327 g/mol. The molecule has 0 fully saturated rings. The Morgan fingerprint density at radius 2 is 2.05 bits per heavy atom. The average Bonchev–Trinajstić information content (AvgIpc) is 2.89. The highest BCUT2D eigenvalue weighted by atomic mass is 32.2. The van der Waals surface area contributed by atoms with Gasteiger partial charge in [0.15, 0.2) is 0 Å². The van der Waals surface area contributed by atoms with Gasteiger partial charge in [0.2, 0.25) is 10.0 Å². The third-order valence-corrected chi connectivity index (χ3v) is 5.00. The Morgan fingerprint density at radius 1 is 1.29 bits per heavy atom. The molecule has 21 heavy (non-hydrogen) atoms. The number of anilines is 1. The minimum absolute atomic E-state index is 0.127. The number of thiazole rings is 1. The Hall–Kier alpha value is -1.64. The molecule has 0 aliphatic rings. The topological polar surface area (TPSA) is 91.1 Å². The highest BCUT2D eigenvalue weighted by Gasteiger charge is 2.17. The van der Waals surface area contributed by atoms with Gasteiger partial charge in [-0.3, -0.25) is 4.79 Å². The molecule has 3 N–H and O–H groups in total. The van der Waals surface area contributed by atoms with E-state index in [0.29, 0.717) is 18.8 Å². The number of para-hydroxylation sites is 1. The third kappa shape index (κ3) is 4.16. The van der Waals surface area contributed by atoms with Crippen molar-refractivity contribution in [1.29, 1.82) is 0 Å². The van der Waals surface area contributed by atoms with Gasteiger partial charge in [-0.1, -0.05) is 30.4 Å². The summed E-state index contributed by atoms with van der Waals surface area (Å²) in [5.74, 6) is 0. The van der Waals surface area contributed by atoms with Crippen LogP contribution in [-0.4, -0.2) is 19.9 Å². The molecular weight excluding hydrogens is 310 g/mol. The number of nitrogens with one attached hydrogen (secondary N) is 3. The Bertz CT molecular complexity index is 750. The quantitative estimate of drug-likeness (QED) is 0.722. The van der Waals surface area contributed by atoms with Crippen LogP contribution in [-0.2, 0) is 16.6 Å². The number of aromatic nitrogens is 1. The van der Waals surface area contributed by atoms with Crippen LogP contribution in [0.25, 0.3) is 0 Å². The summed E-state index contributed by atoms with van der Waals surface area (Å²) in [5.41, 5.74) is 1.23. The number of hydrogen-bond donors (Lipinski definition) is 3. The fraction of sp³-hybridized carbons (Fsp3) is 0.308. The van der Waals surface area contributed by atoms with Gasteiger partial charge in [-0.2, -0.15) is 0 Å². The van der Waals surface area contributed by atoms with Crippen molar-refractivity contribution in [3.8, 4) is 0 Å². The normalized spacial score (nSPS) is 11.5. The van der Waals surface area contributed by atoms with E-state index in [1.165, 1.54) is 0 Å². The number of hydrogen-bond acceptors (Lipinski definition) is 5. The third-order valence-electron chi connectivity index (χ3n) is 2.76. The lowest BCUT2D eigenvalue weighted by molar-refractivity contribution is 0.581. The molecule has 0 aliphatic heterocycles. The summed E-state index contributed by atoms with van der Waals surface area (Å²) in [6, 6.07) is 6.69. The highest BCUT2D eigenvalue weighted by Crippen LogP contribution is 2.21. The van der Waals surface area contributed by atoms with Crippen LogP contribution in [0.3, 0.4) is 0 Å². The van der Waals surface area contributed by atoms with Gasteiger partial charge >= 0.3 is 4.87 Å². The van der Waals surface area contributed by atoms with Crippen LogP contribution >= 0.6 is 11.3 Å². The largest absolute Gasteiger partial charge is 0.378 e. The van der Waals surface area contributed by atoms with Crippen LogP contribution in [0.15, 0.2) is 39.3 Å². The number of aromatic amines is 1. The first kappa shape index (κ1) is 15.7. The molecule has 114 valence electrons. The molecule has 1 heterocycles. The molecule has 0 saturated heterocycles. The van der Waals surface area contributed by atoms with E-state index in [0.717, 1.165) is 23.5 Å².